The Morgan fingerprint density at radius 3 is 2.80 bits per heavy atom. The summed E-state index contributed by atoms with van der Waals surface area (Å²) in [5.41, 5.74) is 3.05. The second-order valence-corrected chi connectivity index (χ2v) is 3.80. The van der Waals surface area contributed by atoms with E-state index in [4.69, 9.17) is 14.6 Å². The first-order valence-electron chi connectivity index (χ1n) is 5.19. The predicted molar refractivity (Wildman–Crippen MR) is 56.3 cm³/mol. The van der Waals surface area contributed by atoms with Crippen LogP contribution in [0, 0.1) is 0 Å². The molecule has 1 aromatic carbocycles. The summed E-state index contributed by atoms with van der Waals surface area (Å²) >= 11 is 0. The van der Waals surface area contributed by atoms with Crippen LogP contribution in [-0.2, 0) is 11.2 Å². The van der Waals surface area contributed by atoms with E-state index in [0.717, 1.165) is 24.7 Å². The maximum Gasteiger partial charge on any atom is 0.290 e. The highest BCUT2D eigenvalue weighted by Gasteiger charge is 2.28. The summed E-state index contributed by atoms with van der Waals surface area (Å²) in [7, 11) is 0. The zero-order chi connectivity index (χ0) is 10.7. The van der Waals surface area contributed by atoms with E-state index >= 15 is 0 Å². The fourth-order valence-electron chi connectivity index (χ4n) is 2.03. The first kappa shape index (κ1) is 10.0. The lowest BCUT2D eigenvalue weighted by Crippen LogP contribution is -1.88. The molecule has 0 radical (unpaired) electrons. The van der Waals surface area contributed by atoms with Crippen LogP contribution in [0.25, 0.3) is 0 Å². The standard InChI is InChI=1S/C11H12O.CH2O2/c1-2-9(8-4-5-8)10-6-7-12-11(10)3-1;2-1-3/h1-3,8H,4-7H2;1H,(H,2,3). The third kappa shape index (κ3) is 2.12. The summed E-state index contributed by atoms with van der Waals surface area (Å²) < 4.78 is 5.52. The Hall–Kier alpha value is -1.51. The predicted octanol–water partition coefficient (Wildman–Crippen LogP) is 2.20. The Labute approximate surface area is 88.7 Å². The lowest BCUT2D eigenvalue weighted by Gasteiger charge is -2.03. The van der Waals surface area contributed by atoms with Gasteiger partial charge in [0.25, 0.3) is 6.47 Å². The molecule has 1 saturated carbocycles. The van der Waals surface area contributed by atoms with Crippen LogP contribution in [0.3, 0.4) is 0 Å². The molecule has 2 aliphatic rings. The second-order valence-electron chi connectivity index (χ2n) is 3.80. The van der Waals surface area contributed by atoms with Crippen molar-refractivity contribution in [3.63, 3.8) is 0 Å². The molecule has 0 aromatic heterocycles. The minimum absolute atomic E-state index is 0.250. The summed E-state index contributed by atoms with van der Waals surface area (Å²) in [5, 5.41) is 6.89. The summed E-state index contributed by atoms with van der Waals surface area (Å²) in [5.74, 6) is 2.00. The van der Waals surface area contributed by atoms with Crippen molar-refractivity contribution >= 4 is 6.47 Å². The molecule has 15 heavy (non-hydrogen) atoms. The molecule has 3 rings (SSSR count). The maximum atomic E-state index is 8.36. The Bertz CT molecular complexity index is 356. The van der Waals surface area contributed by atoms with E-state index in [1.54, 1.807) is 5.56 Å². The summed E-state index contributed by atoms with van der Waals surface area (Å²) in [4.78, 5) is 8.36. The number of ether oxygens (including phenoxy) is 1. The van der Waals surface area contributed by atoms with Crippen molar-refractivity contribution in [2.75, 3.05) is 6.61 Å². The number of carboxylic acid groups (broad SMARTS) is 1. The van der Waals surface area contributed by atoms with Crippen LogP contribution in [-0.4, -0.2) is 18.2 Å². The van der Waals surface area contributed by atoms with Gasteiger partial charge in [-0.25, -0.2) is 0 Å². The van der Waals surface area contributed by atoms with Crippen LogP contribution in [0.15, 0.2) is 18.2 Å². The van der Waals surface area contributed by atoms with Crippen molar-refractivity contribution in [1.29, 1.82) is 0 Å². The molecule has 3 heteroatoms. The number of fused-ring (bicyclic) bond motifs is 1. The minimum atomic E-state index is -0.250. The average molecular weight is 206 g/mol. The van der Waals surface area contributed by atoms with Crippen molar-refractivity contribution in [2.45, 2.75) is 25.2 Å². The lowest BCUT2D eigenvalue weighted by atomic mass is 10.0. The molecule has 0 atom stereocenters. The van der Waals surface area contributed by atoms with Gasteiger partial charge in [0.05, 0.1) is 6.61 Å². The molecule has 0 saturated heterocycles. The van der Waals surface area contributed by atoms with E-state index in [-0.39, 0.29) is 6.47 Å². The first-order chi connectivity index (χ1) is 7.36. The molecule has 3 nitrogen and oxygen atoms in total. The van der Waals surface area contributed by atoms with E-state index < -0.39 is 0 Å². The van der Waals surface area contributed by atoms with Crippen LogP contribution >= 0.6 is 0 Å². The summed E-state index contributed by atoms with van der Waals surface area (Å²) in [6.45, 7) is 0.638. The van der Waals surface area contributed by atoms with E-state index in [2.05, 4.69) is 18.2 Å². The van der Waals surface area contributed by atoms with Gasteiger partial charge in [-0.05, 0) is 30.4 Å². The monoisotopic (exact) mass is 206 g/mol. The number of hydrogen-bond acceptors (Lipinski definition) is 2. The van der Waals surface area contributed by atoms with Crippen molar-refractivity contribution in [3.8, 4) is 5.75 Å². The topological polar surface area (TPSA) is 46.5 Å². The highest BCUT2D eigenvalue weighted by Crippen LogP contribution is 2.44. The third-order valence-electron chi connectivity index (χ3n) is 2.80. The minimum Gasteiger partial charge on any atom is -0.493 e. The molecule has 0 unspecified atom stereocenters. The third-order valence-corrected chi connectivity index (χ3v) is 2.80. The van der Waals surface area contributed by atoms with Gasteiger partial charge in [0, 0.05) is 12.0 Å². The second kappa shape index (κ2) is 4.34. The molecule has 1 aliphatic carbocycles. The normalized spacial score (nSPS) is 17.1. The lowest BCUT2D eigenvalue weighted by molar-refractivity contribution is -0.122. The fourth-order valence-corrected chi connectivity index (χ4v) is 2.03. The highest BCUT2D eigenvalue weighted by atomic mass is 16.5. The van der Waals surface area contributed by atoms with Gasteiger partial charge in [0.15, 0.2) is 0 Å². The van der Waals surface area contributed by atoms with Crippen molar-refractivity contribution in [3.05, 3.63) is 29.3 Å². The number of carbonyl (C=O) groups is 1. The van der Waals surface area contributed by atoms with Crippen LogP contribution in [0.2, 0.25) is 0 Å². The maximum absolute atomic E-state index is 8.36. The largest absolute Gasteiger partial charge is 0.493 e. The molecular weight excluding hydrogens is 192 g/mol. The van der Waals surface area contributed by atoms with Crippen LogP contribution < -0.4 is 4.74 Å². The molecule has 1 fully saturated rings. The number of rotatable bonds is 1. The smallest absolute Gasteiger partial charge is 0.290 e. The Balaban J connectivity index is 0.000000258. The Morgan fingerprint density at radius 1 is 1.40 bits per heavy atom. The molecule has 0 amide bonds. The Kier molecular flexibility index (Phi) is 2.90. The highest BCUT2D eigenvalue weighted by molar-refractivity contribution is 5.45. The molecular formula is C12H14O3. The average Bonchev–Trinajstić information content (AvgIpc) is 2.96. The van der Waals surface area contributed by atoms with E-state index in [1.165, 1.54) is 18.4 Å². The van der Waals surface area contributed by atoms with Gasteiger partial charge in [-0.2, -0.15) is 0 Å². The zero-order valence-electron chi connectivity index (χ0n) is 8.48. The van der Waals surface area contributed by atoms with E-state index in [9.17, 15) is 0 Å². The molecule has 1 aromatic rings. The van der Waals surface area contributed by atoms with Crippen molar-refractivity contribution in [1.82, 2.24) is 0 Å². The van der Waals surface area contributed by atoms with Crippen molar-refractivity contribution < 1.29 is 14.6 Å². The van der Waals surface area contributed by atoms with Gasteiger partial charge in [-0.1, -0.05) is 12.1 Å². The first-order valence-corrected chi connectivity index (χ1v) is 5.19. The van der Waals surface area contributed by atoms with Crippen LogP contribution in [0.1, 0.15) is 29.9 Å². The number of benzene rings is 1. The zero-order valence-corrected chi connectivity index (χ0v) is 8.48. The Morgan fingerprint density at radius 2 is 2.13 bits per heavy atom. The quantitative estimate of drug-likeness (QED) is 0.716. The van der Waals surface area contributed by atoms with Gasteiger partial charge in [-0.3, -0.25) is 4.79 Å². The molecule has 0 bridgehead atoms. The van der Waals surface area contributed by atoms with E-state index in [1.807, 2.05) is 0 Å². The van der Waals surface area contributed by atoms with Crippen LogP contribution in [0.5, 0.6) is 5.75 Å². The molecule has 80 valence electrons. The van der Waals surface area contributed by atoms with Gasteiger partial charge in [0.2, 0.25) is 0 Å². The fraction of sp³-hybridized carbons (Fsp3) is 0.417. The van der Waals surface area contributed by atoms with Crippen molar-refractivity contribution in [2.24, 2.45) is 0 Å². The molecule has 1 N–H and O–H groups in total. The molecule has 1 aliphatic heterocycles. The summed E-state index contributed by atoms with van der Waals surface area (Å²) in [6, 6.07) is 6.48. The number of hydrogen-bond donors (Lipinski definition) is 1. The van der Waals surface area contributed by atoms with Gasteiger partial charge < -0.3 is 9.84 Å². The van der Waals surface area contributed by atoms with E-state index in [0.29, 0.717) is 0 Å². The summed E-state index contributed by atoms with van der Waals surface area (Å²) in [6.07, 6.45) is 3.90. The SMILES string of the molecule is O=CO.c1cc2c(c(C3CC3)c1)CCO2. The van der Waals surface area contributed by atoms with Gasteiger partial charge >= 0.3 is 0 Å². The van der Waals surface area contributed by atoms with Crippen LogP contribution in [0.4, 0.5) is 0 Å². The molecule has 0 spiro atoms. The van der Waals surface area contributed by atoms with Gasteiger partial charge in [0.1, 0.15) is 5.75 Å². The molecule has 1 heterocycles. The van der Waals surface area contributed by atoms with Gasteiger partial charge in [-0.15, -0.1) is 0 Å².